The first-order chi connectivity index (χ1) is 11.4. The van der Waals surface area contributed by atoms with Crippen molar-refractivity contribution in [1.82, 2.24) is 4.98 Å². The summed E-state index contributed by atoms with van der Waals surface area (Å²) >= 11 is 0. The van der Waals surface area contributed by atoms with Gasteiger partial charge in [0.2, 0.25) is 0 Å². The van der Waals surface area contributed by atoms with Crippen molar-refractivity contribution in [3.05, 3.63) is 65.2 Å². The van der Waals surface area contributed by atoms with Crippen molar-refractivity contribution >= 4 is 16.9 Å². The number of halogens is 2. The van der Waals surface area contributed by atoms with Crippen LogP contribution in [-0.2, 0) is 0 Å². The molecule has 0 aliphatic carbocycles. The number of nitrogens with zero attached hydrogens (tertiary/aromatic N) is 1. The number of carboxylic acids is 1. The summed E-state index contributed by atoms with van der Waals surface area (Å²) in [6.07, 6.45) is 0. The SMILES string of the molecule is CC(C)c1cccc2c(C(=O)O)cc(-c3ccc(F)c(F)c3)nc12. The summed E-state index contributed by atoms with van der Waals surface area (Å²) in [4.78, 5) is 16.2. The second-order valence-corrected chi connectivity index (χ2v) is 5.89. The lowest BCUT2D eigenvalue weighted by atomic mass is 9.96. The zero-order valence-electron chi connectivity index (χ0n) is 13.2. The number of carbonyl (C=O) groups is 1. The minimum Gasteiger partial charge on any atom is -0.478 e. The molecule has 1 N–H and O–H groups in total. The minimum absolute atomic E-state index is 0.0854. The predicted octanol–water partition coefficient (Wildman–Crippen LogP) is 5.00. The molecule has 0 aliphatic heterocycles. The number of fused-ring (bicyclic) bond motifs is 1. The Bertz CT molecular complexity index is 951. The zero-order chi connectivity index (χ0) is 17.4. The van der Waals surface area contributed by atoms with Crippen LogP contribution in [0.3, 0.4) is 0 Å². The van der Waals surface area contributed by atoms with Gasteiger partial charge >= 0.3 is 5.97 Å². The summed E-state index contributed by atoms with van der Waals surface area (Å²) in [5.41, 5.74) is 2.18. The van der Waals surface area contributed by atoms with Crippen molar-refractivity contribution in [2.75, 3.05) is 0 Å². The van der Waals surface area contributed by atoms with E-state index >= 15 is 0 Å². The van der Waals surface area contributed by atoms with Gasteiger partial charge in [0.15, 0.2) is 11.6 Å². The Morgan fingerprint density at radius 2 is 1.83 bits per heavy atom. The third-order valence-electron chi connectivity index (χ3n) is 3.94. The van der Waals surface area contributed by atoms with Crippen molar-refractivity contribution in [1.29, 1.82) is 0 Å². The third kappa shape index (κ3) is 2.73. The van der Waals surface area contributed by atoms with Crippen LogP contribution in [-0.4, -0.2) is 16.1 Å². The molecular weight excluding hydrogens is 312 g/mol. The highest BCUT2D eigenvalue weighted by molar-refractivity contribution is 6.04. The lowest BCUT2D eigenvalue weighted by Gasteiger charge is -2.13. The zero-order valence-corrected chi connectivity index (χ0v) is 13.2. The minimum atomic E-state index is -1.09. The standard InChI is InChI=1S/C19H15F2NO2/c1-10(2)12-4-3-5-13-14(19(23)24)9-17(22-18(12)13)11-6-7-15(20)16(21)8-11/h3-10H,1-2H3,(H,23,24). The highest BCUT2D eigenvalue weighted by atomic mass is 19.2. The van der Waals surface area contributed by atoms with Crippen molar-refractivity contribution in [2.45, 2.75) is 19.8 Å². The molecule has 0 saturated carbocycles. The molecular formula is C19H15F2NO2. The molecule has 3 rings (SSSR count). The van der Waals surface area contributed by atoms with Gasteiger partial charge in [0, 0.05) is 10.9 Å². The Balaban J connectivity index is 2.35. The second kappa shape index (κ2) is 6.00. The van der Waals surface area contributed by atoms with Crippen LogP contribution >= 0.6 is 0 Å². The fourth-order valence-electron chi connectivity index (χ4n) is 2.72. The molecule has 0 radical (unpaired) electrons. The smallest absolute Gasteiger partial charge is 0.336 e. The first-order valence-electron chi connectivity index (χ1n) is 7.51. The molecule has 1 heterocycles. The Hall–Kier alpha value is -2.82. The Labute approximate surface area is 137 Å². The van der Waals surface area contributed by atoms with Crippen molar-refractivity contribution < 1.29 is 18.7 Å². The summed E-state index contributed by atoms with van der Waals surface area (Å²) in [6, 6.07) is 10.2. The first kappa shape index (κ1) is 16.1. The van der Waals surface area contributed by atoms with E-state index in [9.17, 15) is 18.7 Å². The monoisotopic (exact) mass is 327 g/mol. The summed E-state index contributed by atoms with van der Waals surface area (Å²) < 4.78 is 26.7. The fourth-order valence-corrected chi connectivity index (χ4v) is 2.72. The van der Waals surface area contributed by atoms with E-state index in [0.717, 1.165) is 17.7 Å². The molecule has 0 amide bonds. The van der Waals surface area contributed by atoms with Gasteiger partial charge in [0.1, 0.15) is 0 Å². The van der Waals surface area contributed by atoms with E-state index in [0.29, 0.717) is 22.2 Å². The molecule has 0 aliphatic rings. The lowest BCUT2D eigenvalue weighted by molar-refractivity contribution is 0.0699. The summed E-state index contributed by atoms with van der Waals surface area (Å²) in [6.45, 7) is 3.97. The van der Waals surface area contributed by atoms with Crippen LogP contribution in [0.4, 0.5) is 8.78 Å². The Morgan fingerprint density at radius 1 is 1.08 bits per heavy atom. The molecule has 0 saturated heterocycles. The molecule has 0 fully saturated rings. The van der Waals surface area contributed by atoms with Crippen LogP contribution in [0.15, 0.2) is 42.5 Å². The third-order valence-corrected chi connectivity index (χ3v) is 3.94. The van der Waals surface area contributed by atoms with Crippen LogP contribution in [0.5, 0.6) is 0 Å². The number of pyridine rings is 1. The maximum atomic E-state index is 13.5. The normalized spacial score (nSPS) is 11.2. The molecule has 0 bridgehead atoms. The molecule has 3 aromatic rings. The maximum Gasteiger partial charge on any atom is 0.336 e. The van der Waals surface area contributed by atoms with Gasteiger partial charge in [-0.15, -0.1) is 0 Å². The molecule has 0 atom stereocenters. The highest BCUT2D eigenvalue weighted by Gasteiger charge is 2.17. The van der Waals surface area contributed by atoms with Crippen LogP contribution in [0, 0.1) is 11.6 Å². The van der Waals surface area contributed by atoms with Gasteiger partial charge in [-0.2, -0.15) is 0 Å². The van der Waals surface area contributed by atoms with Crippen molar-refractivity contribution in [3.63, 3.8) is 0 Å². The summed E-state index contributed by atoms with van der Waals surface area (Å²) in [7, 11) is 0. The number of aromatic nitrogens is 1. The van der Waals surface area contributed by atoms with Gasteiger partial charge in [-0.05, 0) is 35.7 Å². The lowest BCUT2D eigenvalue weighted by Crippen LogP contribution is -2.03. The molecule has 0 spiro atoms. The van der Waals surface area contributed by atoms with E-state index in [1.165, 1.54) is 12.1 Å². The van der Waals surface area contributed by atoms with Gasteiger partial charge in [0.05, 0.1) is 16.8 Å². The second-order valence-electron chi connectivity index (χ2n) is 5.89. The molecule has 5 heteroatoms. The van der Waals surface area contributed by atoms with Gasteiger partial charge in [0.25, 0.3) is 0 Å². The molecule has 0 unspecified atom stereocenters. The van der Waals surface area contributed by atoms with E-state index in [1.807, 2.05) is 19.9 Å². The number of hydrogen-bond donors (Lipinski definition) is 1. The maximum absolute atomic E-state index is 13.5. The largest absolute Gasteiger partial charge is 0.478 e. The number of hydrogen-bond acceptors (Lipinski definition) is 2. The Kier molecular flexibility index (Phi) is 4.01. The number of para-hydroxylation sites is 1. The number of aromatic carboxylic acids is 1. The summed E-state index contributed by atoms with van der Waals surface area (Å²) in [5, 5.41) is 10.0. The highest BCUT2D eigenvalue weighted by Crippen LogP contribution is 2.30. The van der Waals surface area contributed by atoms with Crippen LogP contribution < -0.4 is 0 Å². The average Bonchev–Trinajstić information content (AvgIpc) is 2.55. The van der Waals surface area contributed by atoms with E-state index < -0.39 is 17.6 Å². The number of rotatable bonds is 3. The topological polar surface area (TPSA) is 50.2 Å². The summed E-state index contributed by atoms with van der Waals surface area (Å²) in [5.74, 6) is -2.90. The van der Waals surface area contributed by atoms with Gasteiger partial charge in [-0.25, -0.2) is 18.6 Å². The molecule has 1 aromatic heterocycles. The van der Waals surface area contributed by atoms with Gasteiger partial charge < -0.3 is 5.11 Å². The first-order valence-corrected chi connectivity index (χ1v) is 7.51. The molecule has 3 nitrogen and oxygen atoms in total. The van der Waals surface area contributed by atoms with E-state index in [1.54, 1.807) is 12.1 Å². The van der Waals surface area contributed by atoms with Gasteiger partial charge in [-0.1, -0.05) is 32.0 Å². The van der Waals surface area contributed by atoms with Crippen molar-refractivity contribution in [3.8, 4) is 11.3 Å². The average molecular weight is 327 g/mol. The Morgan fingerprint density at radius 3 is 2.46 bits per heavy atom. The van der Waals surface area contributed by atoms with Crippen LogP contribution in [0.1, 0.15) is 35.7 Å². The predicted molar refractivity (Wildman–Crippen MR) is 88.1 cm³/mol. The van der Waals surface area contributed by atoms with Crippen LogP contribution in [0.2, 0.25) is 0 Å². The van der Waals surface area contributed by atoms with E-state index in [2.05, 4.69) is 4.98 Å². The molecule has 24 heavy (non-hydrogen) atoms. The molecule has 2 aromatic carbocycles. The number of benzene rings is 2. The van der Waals surface area contributed by atoms with Crippen molar-refractivity contribution in [2.24, 2.45) is 0 Å². The van der Waals surface area contributed by atoms with E-state index in [4.69, 9.17) is 0 Å². The number of carboxylic acid groups (broad SMARTS) is 1. The molecule has 122 valence electrons. The van der Waals surface area contributed by atoms with Crippen LogP contribution in [0.25, 0.3) is 22.2 Å². The fraction of sp³-hybridized carbons (Fsp3) is 0.158. The van der Waals surface area contributed by atoms with Gasteiger partial charge in [-0.3, -0.25) is 0 Å². The quantitative estimate of drug-likeness (QED) is 0.736. The van der Waals surface area contributed by atoms with E-state index in [-0.39, 0.29) is 11.5 Å².